The Hall–Kier alpha value is -1.10. The van der Waals surface area contributed by atoms with Crippen molar-refractivity contribution in [2.24, 2.45) is 5.92 Å². The maximum Gasteiger partial charge on any atom is 0.326 e. The summed E-state index contributed by atoms with van der Waals surface area (Å²) in [5.74, 6) is -1.19. The number of carbonyl (C=O) groups is 2. The summed E-state index contributed by atoms with van der Waals surface area (Å²) in [5, 5.41) is 11.7. The van der Waals surface area contributed by atoms with Crippen LogP contribution in [0, 0.1) is 5.92 Å². The van der Waals surface area contributed by atoms with Gasteiger partial charge in [0.25, 0.3) is 0 Å². The van der Waals surface area contributed by atoms with Crippen LogP contribution in [0.1, 0.15) is 40.0 Å². The van der Waals surface area contributed by atoms with Crippen molar-refractivity contribution in [1.29, 1.82) is 0 Å². The second-order valence-electron chi connectivity index (χ2n) is 5.23. The summed E-state index contributed by atoms with van der Waals surface area (Å²) < 4.78 is 0. The van der Waals surface area contributed by atoms with E-state index >= 15 is 0 Å². The molecule has 0 aromatic heterocycles. The molecule has 3 atom stereocenters. The Labute approximate surface area is 109 Å². The number of nitrogens with one attached hydrogen (secondary N) is 1. The molecule has 18 heavy (non-hydrogen) atoms. The molecule has 0 aromatic carbocycles. The number of hydrogen-bond acceptors (Lipinski definition) is 3. The highest BCUT2D eigenvalue weighted by Gasteiger charge is 2.27. The lowest BCUT2D eigenvalue weighted by Gasteiger charge is -2.24. The fourth-order valence-electron chi connectivity index (χ4n) is 2.31. The van der Waals surface area contributed by atoms with Crippen molar-refractivity contribution < 1.29 is 14.7 Å². The number of likely N-dealkylation sites (tertiary alicyclic amines) is 1. The van der Waals surface area contributed by atoms with Crippen LogP contribution in [0.4, 0.5) is 0 Å². The van der Waals surface area contributed by atoms with E-state index < -0.39 is 12.0 Å². The highest BCUT2D eigenvalue weighted by Crippen LogP contribution is 2.15. The van der Waals surface area contributed by atoms with Crippen molar-refractivity contribution >= 4 is 11.9 Å². The van der Waals surface area contributed by atoms with Gasteiger partial charge in [-0.15, -0.1) is 0 Å². The minimum Gasteiger partial charge on any atom is -0.480 e. The quantitative estimate of drug-likeness (QED) is 0.746. The van der Waals surface area contributed by atoms with Crippen molar-refractivity contribution in [3.8, 4) is 0 Å². The average Bonchev–Trinajstić information content (AvgIpc) is 2.70. The molecule has 0 aliphatic carbocycles. The number of aliphatic carboxylic acids is 1. The zero-order chi connectivity index (χ0) is 13.7. The van der Waals surface area contributed by atoms with E-state index in [9.17, 15) is 9.59 Å². The molecule has 1 saturated heterocycles. The number of amides is 1. The fraction of sp³-hybridized carbons (Fsp3) is 0.846. The van der Waals surface area contributed by atoms with Crippen LogP contribution in [0.15, 0.2) is 0 Å². The molecule has 1 fully saturated rings. The van der Waals surface area contributed by atoms with E-state index in [-0.39, 0.29) is 11.8 Å². The largest absolute Gasteiger partial charge is 0.480 e. The molecule has 0 aromatic rings. The van der Waals surface area contributed by atoms with Gasteiger partial charge in [-0.3, -0.25) is 9.69 Å². The molecule has 0 saturated carbocycles. The summed E-state index contributed by atoms with van der Waals surface area (Å²) in [6, 6.07) is -0.358. The number of hydrogen-bond donors (Lipinski definition) is 2. The Morgan fingerprint density at radius 2 is 2.17 bits per heavy atom. The molecular weight excluding hydrogens is 232 g/mol. The van der Waals surface area contributed by atoms with Crippen LogP contribution in [-0.4, -0.2) is 47.1 Å². The highest BCUT2D eigenvalue weighted by atomic mass is 16.4. The first-order valence-electron chi connectivity index (χ1n) is 6.72. The molecule has 104 valence electrons. The molecule has 0 unspecified atom stereocenters. The normalized spacial score (nSPS) is 23.6. The van der Waals surface area contributed by atoms with Crippen molar-refractivity contribution in [1.82, 2.24) is 10.2 Å². The van der Waals surface area contributed by atoms with Crippen LogP contribution in [0.2, 0.25) is 0 Å². The van der Waals surface area contributed by atoms with Crippen molar-refractivity contribution in [2.75, 3.05) is 13.1 Å². The molecule has 1 heterocycles. The monoisotopic (exact) mass is 256 g/mol. The van der Waals surface area contributed by atoms with Crippen LogP contribution < -0.4 is 5.32 Å². The molecule has 1 aliphatic heterocycles. The van der Waals surface area contributed by atoms with Crippen LogP contribution in [0.3, 0.4) is 0 Å². The van der Waals surface area contributed by atoms with Crippen molar-refractivity contribution in [3.05, 3.63) is 0 Å². The third kappa shape index (κ3) is 3.98. The molecule has 1 amide bonds. The molecule has 0 radical (unpaired) electrons. The first-order valence-corrected chi connectivity index (χ1v) is 6.72. The summed E-state index contributed by atoms with van der Waals surface area (Å²) in [6.07, 6.45) is 2.96. The van der Waals surface area contributed by atoms with E-state index in [1.54, 1.807) is 0 Å². The standard InChI is InChI=1S/C13H24N2O3/c1-4-9(2)12(13(17)18)14-11(16)8-15-7-5-6-10(15)3/h9-10,12H,4-8H2,1-3H3,(H,14,16)(H,17,18)/t9-,10+,12-/m0/s1. The molecule has 5 heteroatoms. The van der Waals surface area contributed by atoms with Gasteiger partial charge in [-0.2, -0.15) is 0 Å². The average molecular weight is 256 g/mol. The van der Waals surface area contributed by atoms with Gasteiger partial charge in [0.15, 0.2) is 0 Å². The number of nitrogens with zero attached hydrogens (tertiary/aromatic N) is 1. The predicted molar refractivity (Wildman–Crippen MR) is 69.3 cm³/mol. The van der Waals surface area contributed by atoms with Crippen LogP contribution in [0.25, 0.3) is 0 Å². The number of rotatable bonds is 6. The van der Waals surface area contributed by atoms with Crippen molar-refractivity contribution in [3.63, 3.8) is 0 Å². The number of carboxylic acids is 1. The van der Waals surface area contributed by atoms with E-state index in [2.05, 4.69) is 17.1 Å². The van der Waals surface area contributed by atoms with Gasteiger partial charge in [0.05, 0.1) is 6.54 Å². The smallest absolute Gasteiger partial charge is 0.326 e. The lowest BCUT2D eigenvalue weighted by molar-refractivity contribution is -0.143. The molecule has 1 rings (SSSR count). The van der Waals surface area contributed by atoms with Gasteiger partial charge in [-0.05, 0) is 32.2 Å². The minimum absolute atomic E-state index is 0.0533. The summed E-state index contributed by atoms with van der Waals surface area (Å²) in [5.41, 5.74) is 0. The maximum absolute atomic E-state index is 11.9. The SMILES string of the molecule is CC[C@H](C)[C@H](NC(=O)CN1CCC[C@H]1C)C(=O)O. The topological polar surface area (TPSA) is 69.6 Å². The predicted octanol–water partition coefficient (Wildman–Crippen LogP) is 1.09. The van der Waals surface area contributed by atoms with Gasteiger partial charge >= 0.3 is 5.97 Å². The van der Waals surface area contributed by atoms with Crippen LogP contribution >= 0.6 is 0 Å². The van der Waals surface area contributed by atoms with Gasteiger partial charge in [0.1, 0.15) is 6.04 Å². The minimum atomic E-state index is -0.952. The summed E-state index contributed by atoms with van der Waals surface area (Å²) in [6.45, 7) is 7.10. The Morgan fingerprint density at radius 1 is 1.50 bits per heavy atom. The third-order valence-electron chi connectivity index (χ3n) is 3.83. The van der Waals surface area contributed by atoms with Gasteiger partial charge in [0.2, 0.25) is 5.91 Å². The van der Waals surface area contributed by atoms with Crippen molar-refractivity contribution in [2.45, 2.75) is 52.1 Å². The van der Waals surface area contributed by atoms with Crippen LogP contribution in [0.5, 0.6) is 0 Å². The number of carbonyl (C=O) groups excluding carboxylic acids is 1. The molecule has 1 aliphatic rings. The van der Waals surface area contributed by atoms with E-state index in [1.165, 1.54) is 0 Å². The third-order valence-corrected chi connectivity index (χ3v) is 3.83. The van der Waals surface area contributed by atoms with Crippen LogP contribution in [-0.2, 0) is 9.59 Å². The lowest BCUT2D eigenvalue weighted by atomic mass is 9.99. The Kier molecular flexibility index (Phi) is 5.59. The fourth-order valence-corrected chi connectivity index (χ4v) is 2.31. The van der Waals surface area contributed by atoms with E-state index in [4.69, 9.17) is 5.11 Å². The number of carboxylic acid groups (broad SMARTS) is 1. The lowest BCUT2D eigenvalue weighted by Crippen LogP contribution is -2.48. The first kappa shape index (κ1) is 15.0. The van der Waals surface area contributed by atoms with Gasteiger partial charge in [-0.25, -0.2) is 4.79 Å². The van der Waals surface area contributed by atoms with E-state index in [0.29, 0.717) is 12.6 Å². The van der Waals surface area contributed by atoms with E-state index in [0.717, 1.165) is 25.8 Å². The molecule has 5 nitrogen and oxygen atoms in total. The summed E-state index contributed by atoms with van der Waals surface area (Å²) >= 11 is 0. The van der Waals surface area contributed by atoms with Gasteiger partial charge in [0, 0.05) is 6.04 Å². The zero-order valence-corrected chi connectivity index (χ0v) is 11.5. The van der Waals surface area contributed by atoms with Gasteiger partial charge < -0.3 is 10.4 Å². The molecule has 0 bridgehead atoms. The maximum atomic E-state index is 11.9. The van der Waals surface area contributed by atoms with E-state index in [1.807, 2.05) is 13.8 Å². The Bertz CT molecular complexity index is 307. The second-order valence-corrected chi connectivity index (χ2v) is 5.23. The highest BCUT2D eigenvalue weighted by molar-refractivity contribution is 5.84. The second kappa shape index (κ2) is 6.73. The molecular formula is C13H24N2O3. The Morgan fingerprint density at radius 3 is 2.61 bits per heavy atom. The molecule has 2 N–H and O–H groups in total. The summed E-state index contributed by atoms with van der Waals surface area (Å²) in [4.78, 5) is 25.1. The summed E-state index contributed by atoms with van der Waals surface area (Å²) in [7, 11) is 0. The first-order chi connectivity index (χ1) is 8.45. The Balaban J connectivity index is 2.48. The zero-order valence-electron chi connectivity index (χ0n) is 11.5. The molecule has 0 spiro atoms. The van der Waals surface area contributed by atoms with Gasteiger partial charge in [-0.1, -0.05) is 20.3 Å².